The molecule has 0 bridgehead atoms. The van der Waals surface area contributed by atoms with E-state index in [1.165, 1.54) is 35.7 Å². The number of ether oxygens (including phenoxy) is 1. The highest BCUT2D eigenvalue weighted by atomic mass is 35.5. The average molecular weight is 331 g/mol. The molecule has 0 aromatic heterocycles. The van der Waals surface area contributed by atoms with Gasteiger partial charge >= 0.3 is 0 Å². The number of allylic oxidation sites excluding steroid dienone is 2. The van der Waals surface area contributed by atoms with Gasteiger partial charge in [0.15, 0.2) is 0 Å². The quantitative estimate of drug-likeness (QED) is 0.488. The number of alkyl halides is 1. The maximum Gasteiger partial charge on any atom is 0.257 e. The topological polar surface area (TPSA) is 62.1 Å². The number of halogens is 2. The van der Waals surface area contributed by atoms with Gasteiger partial charge in [-0.25, -0.2) is 0 Å². The fourth-order valence-corrected chi connectivity index (χ4v) is 1.74. The van der Waals surface area contributed by atoms with Crippen LogP contribution in [0.15, 0.2) is 52.5 Å². The van der Waals surface area contributed by atoms with Crippen molar-refractivity contribution in [1.82, 2.24) is 4.90 Å². The molecule has 1 amide bonds. The van der Waals surface area contributed by atoms with E-state index in [1.807, 2.05) is 0 Å². The third kappa shape index (κ3) is 6.62. The van der Waals surface area contributed by atoms with Gasteiger partial charge in [-0.2, -0.15) is 0 Å². The monoisotopic (exact) mass is 330 g/mol. The molecule has 0 aromatic carbocycles. The van der Waals surface area contributed by atoms with Crippen LogP contribution in [-0.4, -0.2) is 47.8 Å². The Morgan fingerprint density at radius 3 is 3.05 bits per heavy atom. The minimum absolute atomic E-state index is 0.158. The van der Waals surface area contributed by atoms with Crippen molar-refractivity contribution < 1.29 is 14.6 Å². The van der Waals surface area contributed by atoms with Gasteiger partial charge < -0.3 is 14.7 Å². The first-order chi connectivity index (χ1) is 10.2. The number of nitrogens with zero attached hydrogens (tertiary/aromatic N) is 2. The number of hydrogen-bond donors (Lipinski definition) is 1. The zero-order valence-corrected chi connectivity index (χ0v) is 12.8. The summed E-state index contributed by atoms with van der Waals surface area (Å²) >= 11 is 11.4. The summed E-state index contributed by atoms with van der Waals surface area (Å²) in [6, 6.07) is 0. The Bertz CT molecular complexity index is 496. The summed E-state index contributed by atoms with van der Waals surface area (Å²) in [6.45, 7) is 0.344. The molecule has 0 saturated carbocycles. The molecule has 0 saturated heterocycles. The number of aliphatic imine (C=N–C) groups is 1. The first-order valence-electron chi connectivity index (χ1n) is 6.19. The molecule has 0 unspecified atom stereocenters. The lowest BCUT2D eigenvalue weighted by molar-refractivity contribution is -0.124. The van der Waals surface area contributed by atoms with Crippen LogP contribution in [-0.2, 0) is 9.53 Å². The van der Waals surface area contributed by atoms with Crippen molar-refractivity contribution in [2.24, 2.45) is 4.99 Å². The molecule has 7 heteroatoms. The molecule has 1 N–H and O–H groups in total. The van der Waals surface area contributed by atoms with Crippen LogP contribution in [0.2, 0.25) is 0 Å². The maximum atomic E-state index is 12.4. The van der Waals surface area contributed by atoms with Crippen molar-refractivity contribution in [2.45, 2.75) is 0 Å². The van der Waals surface area contributed by atoms with Crippen LogP contribution in [0.1, 0.15) is 0 Å². The van der Waals surface area contributed by atoms with Gasteiger partial charge in [-0.15, -0.1) is 11.6 Å². The van der Waals surface area contributed by atoms with E-state index in [2.05, 4.69) is 4.99 Å². The van der Waals surface area contributed by atoms with Gasteiger partial charge in [-0.1, -0.05) is 17.7 Å². The van der Waals surface area contributed by atoms with Crippen LogP contribution in [0.3, 0.4) is 0 Å². The molecule has 0 radical (unpaired) electrons. The zero-order chi connectivity index (χ0) is 15.5. The van der Waals surface area contributed by atoms with Gasteiger partial charge in [0.05, 0.1) is 19.4 Å². The number of amides is 1. The second-order valence-corrected chi connectivity index (χ2v) is 4.65. The molecule has 1 aliphatic rings. The minimum atomic E-state index is -0.342. The molecule has 0 fully saturated rings. The van der Waals surface area contributed by atoms with E-state index in [0.717, 1.165) is 0 Å². The summed E-state index contributed by atoms with van der Waals surface area (Å²) in [5, 5.41) is 9.11. The summed E-state index contributed by atoms with van der Waals surface area (Å²) in [5.74, 6) is -0.133. The van der Waals surface area contributed by atoms with Gasteiger partial charge in [0.25, 0.3) is 5.91 Å². The summed E-state index contributed by atoms with van der Waals surface area (Å²) in [7, 11) is 0. The number of aliphatic hydroxyl groups is 1. The van der Waals surface area contributed by atoms with Gasteiger partial charge in [0.1, 0.15) is 12.9 Å². The smallest absolute Gasteiger partial charge is 0.257 e. The Balaban J connectivity index is 2.93. The predicted octanol–water partition coefficient (Wildman–Crippen LogP) is 2.18. The number of rotatable bonds is 4. The molecule has 0 aromatic rings. The second-order valence-electron chi connectivity index (χ2n) is 3.86. The van der Waals surface area contributed by atoms with E-state index in [-0.39, 0.29) is 23.4 Å². The number of aliphatic hydroxyl groups excluding tert-OH is 1. The Kier molecular flexibility index (Phi) is 8.50. The van der Waals surface area contributed by atoms with E-state index in [9.17, 15) is 4.79 Å². The molecule has 5 nitrogen and oxygen atoms in total. The van der Waals surface area contributed by atoms with Gasteiger partial charge in [-0.05, 0) is 12.2 Å². The highest BCUT2D eigenvalue weighted by Gasteiger charge is 2.15. The third-order valence-electron chi connectivity index (χ3n) is 2.40. The SMILES string of the molecule is O=C(C(C=C(Cl)CO)=CCCl)N1C=CC=NC=COCC1. The lowest BCUT2D eigenvalue weighted by atomic mass is 10.2. The van der Waals surface area contributed by atoms with Gasteiger partial charge in [-0.3, -0.25) is 9.79 Å². The van der Waals surface area contributed by atoms with E-state index in [1.54, 1.807) is 12.3 Å². The molecular formula is C14H16Cl2N2O3. The molecule has 1 rings (SSSR count). The van der Waals surface area contributed by atoms with E-state index >= 15 is 0 Å². The lowest BCUT2D eigenvalue weighted by Gasteiger charge is -2.19. The summed E-state index contributed by atoms with van der Waals surface area (Å²) in [6.07, 6.45) is 10.7. The predicted molar refractivity (Wildman–Crippen MR) is 84.3 cm³/mol. The normalized spacial score (nSPS) is 16.8. The van der Waals surface area contributed by atoms with Crippen LogP contribution in [0.5, 0.6) is 0 Å². The van der Waals surface area contributed by atoms with Crippen molar-refractivity contribution in [3.8, 4) is 0 Å². The first-order valence-corrected chi connectivity index (χ1v) is 7.11. The van der Waals surface area contributed by atoms with Gasteiger partial charge in [0.2, 0.25) is 0 Å². The Morgan fingerprint density at radius 2 is 2.33 bits per heavy atom. The van der Waals surface area contributed by atoms with Crippen molar-refractivity contribution in [3.05, 3.63) is 47.5 Å². The minimum Gasteiger partial charge on any atom is -0.498 e. The average Bonchev–Trinajstić information content (AvgIpc) is 2.51. The van der Waals surface area contributed by atoms with Gasteiger partial charge in [0, 0.05) is 28.9 Å². The van der Waals surface area contributed by atoms with E-state index in [4.69, 9.17) is 33.0 Å². The highest BCUT2D eigenvalue weighted by Crippen LogP contribution is 2.11. The third-order valence-corrected chi connectivity index (χ3v) is 2.78. The summed E-state index contributed by atoms with van der Waals surface area (Å²) in [4.78, 5) is 17.8. The second kappa shape index (κ2) is 10.2. The molecule has 1 aliphatic heterocycles. The van der Waals surface area contributed by atoms with Crippen molar-refractivity contribution in [3.63, 3.8) is 0 Å². The van der Waals surface area contributed by atoms with Crippen LogP contribution in [0, 0.1) is 0 Å². The fourth-order valence-electron chi connectivity index (χ4n) is 1.45. The van der Waals surface area contributed by atoms with Crippen LogP contribution < -0.4 is 0 Å². The van der Waals surface area contributed by atoms with Crippen LogP contribution in [0.25, 0.3) is 0 Å². The van der Waals surface area contributed by atoms with Crippen LogP contribution in [0.4, 0.5) is 0 Å². The molecule has 1 heterocycles. The first kappa shape index (κ1) is 17.5. The molecule has 0 atom stereocenters. The molecule has 0 aliphatic carbocycles. The Labute approximate surface area is 133 Å². The standard InChI is InChI=1S/C14H16Cl2N2O3/c15-3-2-12(10-13(16)11-19)14(20)18-6-1-4-17-5-8-21-9-7-18/h1-2,4-6,8,10,19H,3,7,9,11H2. The van der Waals surface area contributed by atoms with Crippen LogP contribution >= 0.6 is 23.2 Å². The summed E-state index contributed by atoms with van der Waals surface area (Å²) in [5.41, 5.74) is 0.304. The molecule has 0 spiro atoms. The summed E-state index contributed by atoms with van der Waals surface area (Å²) < 4.78 is 5.18. The van der Waals surface area contributed by atoms with E-state index in [0.29, 0.717) is 18.7 Å². The number of carbonyl (C=O) groups is 1. The largest absolute Gasteiger partial charge is 0.498 e. The zero-order valence-electron chi connectivity index (χ0n) is 11.3. The fraction of sp³-hybridized carbons (Fsp3) is 0.286. The van der Waals surface area contributed by atoms with Crippen molar-refractivity contribution in [2.75, 3.05) is 25.6 Å². The van der Waals surface area contributed by atoms with E-state index < -0.39 is 0 Å². The molecular weight excluding hydrogens is 315 g/mol. The Hall–Kier alpha value is -1.56. The molecule has 21 heavy (non-hydrogen) atoms. The number of carbonyl (C=O) groups excluding carboxylic acids is 1. The highest BCUT2D eigenvalue weighted by molar-refractivity contribution is 6.30. The number of hydrogen-bond acceptors (Lipinski definition) is 4. The lowest BCUT2D eigenvalue weighted by Crippen LogP contribution is -2.30. The Morgan fingerprint density at radius 1 is 1.52 bits per heavy atom. The van der Waals surface area contributed by atoms with Crippen molar-refractivity contribution >= 4 is 35.3 Å². The maximum absolute atomic E-state index is 12.4. The molecule has 114 valence electrons. The van der Waals surface area contributed by atoms with Crippen molar-refractivity contribution in [1.29, 1.82) is 0 Å².